The standard InChI is InChI=1S/C21H26F4N2O/c1-15-6-8-16(9-7-15)18-12-17(13-20(27-18)21(23,24)25)19(28)14-26-11-5-3-2-4-10-22/h6-9,12-13,19,26,28H,2-5,10-11,14H2,1H3. The van der Waals surface area contributed by atoms with Crippen molar-refractivity contribution >= 4 is 0 Å². The molecule has 2 N–H and O–H groups in total. The highest BCUT2D eigenvalue weighted by Gasteiger charge is 2.33. The monoisotopic (exact) mass is 398 g/mol. The molecule has 0 fully saturated rings. The maximum atomic E-state index is 13.3. The second kappa shape index (κ2) is 10.5. The van der Waals surface area contributed by atoms with Gasteiger partial charge in [-0.2, -0.15) is 13.2 Å². The number of aryl methyl sites for hydroxylation is 1. The first-order chi connectivity index (χ1) is 13.3. The third kappa shape index (κ3) is 6.87. The van der Waals surface area contributed by atoms with Crippen molar-refractivity contribution in [2.75, 3.05) is 19.8 Å². The highest BCUT2D eigenvalue weighted by Crippen LogP contribution is 2.32. The molecule has 0 aliphatic heterocycles. The Kier molecular flexibility index (Phi) is 8.38. The predicted molar refractivity (Wildman–Crippen MR) is 102 cm³/mol. The van der Waals surface area contributed by atoms with Gasteiger partial charge in [0.2, 0.25) is 0 Å². The number of hydrogen-bond acceptors (Lipinski definition) is 3. The third-order valence-corrected chi connectivity index (χ3v) is 4.45. The first-order valence-corrected chi connectivity index (χ1v) is 9.42. The van der Waals surface area contributed by atoms with Crippen LogP contribution in [-0.4, -0.2) is 29.9 Å². The summed E-state index contributed by atoms with van der Waals surface area (Å²) in [6.45, 7) is 2.32. The fourth-order valence-corrected chi connectivity index (χ4v) is 2.82. The van der Waals surface area contributed by atoms with Crippen LogP contribution < -0.4 is 5.32 Å². The van der Waals surface area contributed by atoms with Crippen LogP contribution in [0.2, 0.25) is 0 Å². The molecule has 1 aromatic carbocycles. The number of benzene rings is 1. The van der Waals surface area contributed by atoms with E-state index in [1.807, 2.05) is 6.92 Å². The van der Waals surface area contributed by atoms with Gasteiger partial charge in [-0.1, -0.05) is 42.7 Å². The summed E-state index contributed by atoms with van der Waals surface area (Å²) in [5.74, 6) is 0. The minimum atomic E-state index is -4.60. The van der Waals surface area contributed by atoms with E-state index in [4.69, 9.17) is 0 Å². The Hall–Kier alpha value is -1.99. The first-order valence-electron chi connectivity index (χ1n) is 9.42. The molecule has 7 heteroatoms. The van der Waals surface area contributed by atoms with E-state index in [9.17, 15) is 22.7 Å². The Bertz CT molecular complexity index is 732. The maximum absolute atomic E-state index is 13.3. The molecule has 0 bridgehead atoms. The van der Waals surface area contributed by atoms with E-state index >= 15 is 0 Å². The van der Waals surface area contributed by atoms with Gasteiger partial charge in [-0.05, 0) is 44.0 Å². The van der Waals surface area contributed by atoms with Gasteiger partial charge in [0.15, 0.2) is 0 Å². The summed E-state index contributed by atoms with van der Waals surface area (Å²) in [4.78, 5) is 3.74. The molecule has 0 radical (unpaired) electrons. The SMILES string of the molecule is Cc1ccc(-c2cc(C(O)CNCCCCCCF)cc(C(F)(F)F)n2)cc1. The fraction of sp³-hybridized carbons (Fsp3) is 0.476. The van der Waals surface area contributed by atoms with E-state index in [1.165, 1.54) is 6.07 Å². The van der Waals surface area contributed by atoms with Crippen LogP contribution in [0.25, 0.3) is 11.3 Å². The zero-order valence-electron chi connectivity index (χ0n) is 15.9. The Balaban J connectivity index is 2.09. The summed E-state index contributed by atoms with van der Waals surface area (Å²) in [6, 6.07) is 9.42. The summed E-state index contributed by atoms with van der Waals surface area (Å²) in [5.41, 5.74) is 0.876. The summed E-state index contributed by atoms with van der Waals surface area (Å²) >= 11 is 0. The summed E-state index contributed by atoms with van der Waals surface area (Å²) in [6.07, 6.45) is -2.64. The first kappa shape index (κ1) is 22.3. The van der Waals surface area contributed by atoms with Gasteiger partial charge in [0.05, 0.1) is 18.5 Å². The number of pyridine rings is 1. The minimum Gasteiger partial charge on any atom is -0.387 e. The number of nitrogens with one attached hydrogen (secondary N) is 1. The van der Waals surface area contributed by atoms with E-state index < -0.39 is 18.0 Å². The highest BCUT2D eigenvalue weighted by molar-refractivity contribution is 5.61. The van der Waals surface area contributed by atoms with Crippen LogP contribution in [0.3, 0.4) is 0 Å². The zero-order valence-corrected chi connectivity index (χ0v) is 15.9. The van der Waals surface area contributed by atoms with Crippen LogP contribution in [0.15, 0.2) is 36.4 Å². The van der Waals surface area contributed by atoms with Crippen molar-refractivity contribution in [2.24, 2.45) is 0 Å². The molecular weight excluding hydrogens is 372 g/mol. The van der Waals surface area contributed by atoms with Crippen LogP contribution in [0, 0.1) is 6.92 Å². The maximum Gasteiger partial charge on any atom is 0.433 e. The normalized spacial score (nSPS) is 12.9. The third-order valence-electron chi connectivity index (χ3n) is 4.45. The molecule has 0 saturated heterocycles. The molecule has 0 saturated carbocycles. The van der Waals surface area contributed by atoms with Gasteiger partial charge in [0, 0.05) is 12.1 Å². The molecule has 3 nitrogen and oxygen atoms in total. The number of rotatable bonds is 10. The highest BCUT2D eigenvalue weighted by atomic mass is 19.4. The number of aliphatic hydroxyl groups excluding tert-OH is 1. The molecular formula is C21H26F4N2O. The Labute approximate surface area is 162 Å². The van der Waals surface area contributed by atoms with Gasteiger partial charge in [-0.3, -0.25) is 4.39 Å². The number of aliphatic hydroxyl groups is 1. The average Bonchev–Trinajstić information content (AvgIpc) is 2.66. The van der Waals surface area contributed by atoms with E-state index in [1.54, 1.807) is 24.3 Å². The van der Waals surface area contributed by atoms with Crippen LogP contribution in [0.5, 0.6) is 0 Å². The molecule has 154 valence electrons. The van der Waals surface area contributed by atoms with Crippen LogP contribution in [-0.2, 0) is 6.18 Å². The number of aromatic nitrogens is 1. The molecule has 0 aliphatic carbocycles. The summed E-state index contributed by atoms with van der Waals surface area (Å²) in [5, 5.41) is 13.4. The van der Waals surface area contributed by atoms with Crippen molar-refractivity contribution in [3.05, 3.63) is 53.2 Å². The number of halogens is 4. The van der Waals surface area contributed by atoms with Gasteiger partial charge in [0.25, 0.3) is 0 Å². The molecule has 0 aliphatic rings. The molecule has 1 atom stereocenters. The number of nitrogens with zero attached hydrogens (tertiary/aromatic N) is 1. The van der Waals surface area contributed by atoms with Gasteiger partial charge >= 0.3 is 6.18 Å². The van der Waals surface area contributed by atoms with Crippen molar-refractivity contribution in [3.8, 4) is 11.3 Å². The van der Waals surface area contributed by atoms with Crippen molar-refractivity contribution in [2.45, 2.75) is 44.9 Å². The van der Waals surface area contributed by atoms with Crippen molar-refractivity contribution in [1.82, 2.24) is 10.3 Å². The zero-order chi connectivity index (χ0) is 20.6. The van der Waals surface area contributed by atoms with Crippen LogP contribution >= 0.6 is 0 Å². The molecule has 1 unspecified atom stereocenters. The van der Waals surface area contributed by atoms with E-state index in [2.05, 4.69) is 10.3 Å². The topological polar surface area (TPSA) is 45.1 Å². The lowest BCUT2D eigenvalue weighted by molar-refractivity contribution is -0.141. The van der Waals surface area contributed by atoms with E-state index in [0.29, 0.717) is 18.5 Å². The van der Waals surface area contributed by atoms with E-state index in [0.717, 1.165) is 30.9 Å². The average molecular weight is 398 g/mol. The Morgan fingerprint density at radius 2 is 1.71 bits per heavy atom. The van der Waals surface area contributed by atoms with Crippen molar-refractivity contribution < 1.29 is 22.7 Å². The minimum absolute atomic E-state index is 0.137. The lowest BCUT2D eigenvalue weighted by atomic mass is 10.0. The number of alkyl halides is 4. The largest absolute Gasteiger partial charge is 0.433 e. The van der Waals surface area contributed by atoms with Crippen LogP contribution in [0.4, 0.5) is 17.6 Å². The van der Waals surface area contributed by atoms with Crippen molar-refractivity contribution in [3.63, 3.8) is 0 Å². The number of hydrogen-bond donors (Lipinski definition) is 2. The number of unbranched alkanes of at least 4 members (excludes halogenated alkanes) is 3. The van der Waals surface area contributed by atoms with Crippen molar-refractivity contribution in [1.29, 1.82) is 0 Å². The molecule has 0 amide bonds. The second-order valence-corrected chi connectivity index (χ2v) is 6.86. The molecule has 2 rings (SSSR count). The Morgan fingerprint density at radius 1 is 1.04 bits per heavy atom. The predicted octanol–water partition coefficient (Wildman–Crippen LogP) is 5.23. The smallest absolute Gasteiger partial charge is 0.387 e. The Morgan fingerprint density at radius 3 is 2.36 bits per heavy atom. The fourth-order valence-electron chi connectivity index (χ4n) is 2.82. The van der Waals surface area contributed by atoms with Gasteiger partial charge < -0.3 is 10.4 Å². The molecule has 1 heterocycles. The second-order valence-electron chi connectivity index (χ2n) is 6.86. The van der Waals surface area contributed by atoms with Gasteiger partial charge in [0.1, 0.15) is 5.69 Å². The van der Waals surface area contributed by atoms with E-state index in [-0.39, 0.29) is 24.5 Å². The lowest BCUT2D eigenvalue weighted by Gasteiger charge is -2.16. The van der Waals surface area contributed by atoms with Gasteiger partial charge in [-0.25, -0.2) is 4.98 Å². The van der Waals surface area contributed by atoms with Crippen LogP contribution in [0.1, 0.15) is 48.6 Å². The lowest BCUT2D eigenvalue weighted by Crippen LogP contribution is -2.23. The molecule has 2 aromatic rings. The molecule has 1 aromatic heterocycles. The quantitative estimate of drug-likeness (QED) is 0.426. The summed E-state index contributed by atoms with van der Waals surface area (Å²) < 4.78 is 51.8. The summed E-state index contributed by atoms with van der Waals surface area (Å²) in [7, 11) is 0. The molecule has 28 heavy (non-hydrogen) atoms. The van der Waals surface area contributed by atoms with Gasteiger partial charge in [-0.15, -0.1) is 0 Å². The molecule has 0 spiro atoms.